The summed E-state index contributed by atoms with van der Waals surface area (Å²) in [5.74, 6) is 1.88. The van der Waals surface area contributed by atoms with E-state index in [0.29, 0.717) is 0 Å². The molecule has 28 heavy (non-hydrogen) atoms. The Labute approximate surface area is 202 Å². The van der Waals surface area contributed by atoms with Gasteiger partial charge in [0.1, 0.15) is 14.1 Å². The minimum atomic E-state index is 0. The van der Waals surface area contributed by atoms with Crippen molar-refractivity contribution < 1.29 is 41.8 Å². The Morgan fingerprint density at radius 2 is 0.893 bits per heavy atom. The number of aryl methyl sites for hydroxylation is 2. The van der Waals surface area contributed by atoms with Crippen molar-refractivity contribution in [3.05, 3.63) is 49.1 Å². The van der Waals surface area contributed by atoms with E-state index in [2.05, 4.69) is 76.7 Å². The average Bonchev–Trinajstić information content (AvgIpc) is 2.61. The first-order valence-electron chi connectivity index (χ1n) is 9.37. The maximum Gasteiger partial charge on any atom is 0.169 e. The Bertz CT molecular complexity index is 511. The van der Waals surface area contributed by atoms with E-state index in [-0.39, 0.29) is 55.0 Å². The quantitative estimate of drug-likeness (QED) is 0.416. The zero-order valence-corrected chi connectivity index (χ0v) is 19.9. The van der Waals surface area contributed by atoms with Crippen LogP contribution in [0.5, 0.6) is 0 Å². The van der Waals surface area contributed by atoms with Gasteiger partial charge in [0.15, 0.2) is 24.8 Å². The van der Waals surface area contributed by atoms with Crippen molar-refractivity contribution in [2.24, 2.45) is 25.9 Å². The van der Waals surface area contributed by atoms with Gasteiger partial charge in [-0.25, -0.2) is 9.13 Å². The Hall–Kier alpha value is -0.596. The molecule has 2 atom stereocenters. The van der Waals surface area contributed by atoms with Crippen LogP contribution in [-0.2, 0) is 46.8 Å². The van der Waals surface area contributed by atoms with Crippen LogP contribution in [0.2, 0.25) is 0 Å². The van der Waals surface area contributed by atoms with Gasteiger partial charge >= 0.3 is 0 Å². The van der Waals surface area contributed by atoms with Crippen molar-refractivity contribution >= 4 is 0 Å². The maximum absolute atomic E-state index is 2.35. The van der Waals surface area contributed by atoms with Crippen molar-refractivity contribution in [1.29, 1.82) is 0 Å². The van der Waals surface area contributed by atoms with Crippen LogP contribution in [0.4, 0.5) is 0 Å². The smallest absolute Gasteiger partial charge is 0.169 e. The van der Waals surface area contributed by atoms with E-state index in [1.54, 1.807) is 0 Å². The molecule has 2 heterocycles. The number of hydrogen-bond donors (Lipinski definition) is 0. The molecule has 2 rings (SSSR count). The molecule has 0 aliphatic carbocycles. The van der Waals surface area contributed by atoms with E-state index in [1.165, 1.54) is 36.8 Å². The van der Waals surface area contributed by atoms with Crippen LogP contribution in [0, 0.1) is 11.8 Å². The Kier molecular flexibility index (Phi) is 24.6. The van der Waals surface area contributed by atoms with E-state index < -0.39 is 0 Å². The van der Waals surface area contributed by atoms with Crippen LogP contribution in [-0.4, -0.2) is 0 Å². The summed E-state index contributed by atoms with van der Waals surface area (Å²) in [4.78, 5) is 0. The van der Waals surface area contributed by atoms with E-state index >= 15 is 0 Å². The van der Waals surface area contributed by atoms with E-state index in [0.717, 1.165) is 11.8 Å². The van der Waals surface area contributed by atoms with Crippen molar-refractivity contribution in [2.75, 3.05) is 0 Å². The molecule has 0 spiro atoms. The van der Waals surface area contributed by atoms with Crippen molar-refractivity contribution in [3.8, 4) is 11.1 Å². The Morgan fingerprint density at radius 1 is 0.643 bits per heavy atom. The number of rotatable bonds is 6. The van der Waals surface area contributed by atoms with Crippen LogP contribution >= 0.6 is 0 Å². The molecule has 0 fully saturated rings. The normalized spacial score (nSPS) is 11.1. The molecule has 0 saturated heterocycles. The molecular weight excluding hydrogens is 417 g/mol. The fourth-order valence-electron chi connectivity index (χ4n) is 2.36. The van der Waals surface area contributed by atoms with Gasteiger partial charge in [0, 0.05) is 57.0 Å². The Balaban J connectivity index is -0.000000189. The summed E-state index contributed by atoms with van der Waals surface area (Å²) >= 11 is 0. The third-order valence-electron chi connectivity index (χ3n) is 4.84. The van der Waals surface area contributed by atoms with Crippen molar-refractivity contribution in [3.63, 3.8) is 0 Å². The average molecular weight is 466 g/mol. The fourth-order valence-corrected chi connectivity index (χ4v) is 2.36. The summed E-state index contributed by atoms with van der Waals surface area (Å²) in [7, 11) is 4.05. The van der Waals surface area contributed by atoms with Gasteiger partial charge in [0.2, 0.25) is 0 Å². The van der Waals surface area contributed by atoms with Gasteiger partial charge in [-0.1, -0.05) is 75.7 Å². The number of aromatic nitrogens is 2. The summed E-state index contributed by atoms with van der Waals surface area (Å²) in [6.07, 6.45) is 13.8. The van der Waals surface area contributed by atoms with Crippen LogP contribution < -0.4 is 9.13 Å². The first kappa shape index (κ1) is 34.9. The van der Waals surface area contributed by atoms with Crippen molar-refractivity contribution in [2.45, 2.75) is 75.7 Å². The molecule has 0 amide bonds. The first-order valence-corrected chi connectivity index (χ1v) is 9.37. The third-order valence-corrected chi connectivity index (χ3v) is 4.84. The van der Waals surface area contributed by atoms with Gasteiger partial charge < -0.3 is 0 Å². The summed E-state index contributed by atoms with van der Waals surface area (Å²) < 4.78 is 4.07. The standard InChI is InChI=1S/C12H14N2.C10H22.3CH4.Y/c1-13-7-3-11(4-8-13)12-5-9-14(2)10-6-12;1-5-9(3)7-8-10(4)6-2;;;;/h3-10H,1-2H3;9-10H,5-8H2,1-4H3;3*1H4;/q+2;;;;;. The number of pyridine rings is 2. The molecule has 0 aliphatic heterocycles. The van der Waals surface area contributed by atoms with Crippen LogP contribution in [0.15, 0.2) is 49.1 Å². The second-order valence-corrected chi connectivity index (χ2v) is 7.11. The molecule has 2 nitrogen and oxygen atoms in total. The van der Waals surface area contributed by atoms with Crippen LogP contribution in [0.25, 0.3) is 11.1 Å². The molecule has 0 saturated carbocycles. The summed E-state index contributed by atoms with van der Waals surface area (Å²) in [5, 5.41) is 0. The first-order chi connectivity index (χ1) is 11.5. The predicted molar refractivity (Wildman–Crippen MR) is 123 cm³/mol. The number of hydrogen-bond acceptors (Lipinski definition) is 0. The van der Waals surface area contributed by atoms with Crippen LogP contribution in [0.1, 0.15) is 75.7 Å². The fraction of sp³-hybridized carbons (Fsp3) is 0.600. The summed E-state index contributed by atoms with van der Waals surface area (Å²) in [6, 6.07) is 8.48. The van der Waals surface area contributed by atoms with Gasteiger partial charge in [0.25, 0.3) is 0 Å². The maximum atomic E-state index is 2.35. The zero-order valence-electron chi connectivity index (χ0n) is 17.1. The summed E-state index contributed by atoms with van der Waals surface area (Å²) in [6.45, 7) is 9.26. The SMILES string of the molecule is C.C.C.CCC(C)CCC(C)CC.C[n+]1ccc(-c2cc[n+](C)cc2)cc1.[Y]. The topological polar surface area (TPSA) is 7.76 Å². The van der Waals surface area contributed by atoms with Gasteiger partial charge in [-0.2, -0.15) is 0 Å². The van der Waals surface area contributed by atoms with E-state index in [4.69, 9.17) is 0 Å². The molecule has 0 aromatic carbocycles. The molecule has 0 bridgehead atoms. The van der Waals surface area contributed by atoms with Gasteiger partial charge in [0.05, 0.1) is 0 Å². The Morgan fingerprint density at radius 3 is 1.11 bits per heavy atom. The van der Waals surface area contributed by atoms with Gasteiger partial charge in [-0.05, 0) is 23.0 Å². The van der Waals surface area contributed by atoms with Crippen molar-refractivity contribution in [1.82, 2.24) is 0 Å². The molecule has 2 aromatic heterocycles. The minimum absolute atomic E-state index is 0. The second kappa shape index (κ2) is 19.7. The molecule has 2 aromatic rings. The van der Waals surface area contributed by atoms with Gasteiger partial charge in [-0.15, -0.1) is 0 Å². The molecule has 0 N–H and O–H groups in total. The largest absolute Gasteiger partial charge is 0.208 e. The van der Waals surface area contributed by atoms with Gasteiger partial charge in [-0.3, -0.25) is 0 Å². The second-order valence-electron chi connectivity index (χ2n) is 7.11. The van der Waals surface area contributed by atoms with Crippen LogP contribution in [0.3, 0.4) is 0 Å². The monoisotopic (exact) mass is 465 g/mol. The molecule has 3 heteroatoms. The molecule has 159 valence electrons. The summed E-state index contributed by atoms with van der Waals surface area (Å²) in [5.41, 5.74) is 2.51. The molecule has 0 aliphatic rings. The molecule has 1 radical (unpaired) electrons. The van der Waals surface area contributed by atoms with E-state index in [1.807, 2.05) is 23.2 Å². The molecular formula is C25H48N2Y+2. The van der Waals surface area contributed by atoms with E-state index in [9.17, 15) is 0 Å². The zero-order chi connectivity index (χ0) is 17.9. The third kappa shape index (κ3) is 14.4. The minimum Gasteiger partial charge on any atom is -0.208 e. The number of nitrogens with zero attached hydrogens (tertiary/aromatic N) is 2. The predicted octanol–water partition coefficient (Wildman–Crippen LogP) is 6.77. The molecule has 2 unspecified atom stereocenters.